The minimum absolute atomic E-state index is 0.298. The van der Waals surface area contributed by atoms with E-state index in [9.17, 15) is 4.79 Å². The van der Waals surface area contributed by atoms with Gasteiger partial charge in [-0.15, -0.1) is 0 Å². The van der Waals surface area contributed by atoms with Gasteiger partial charge in [-0.2, -0.15) is 4.79 Å². The van der Waals surface area contributed by atoms with Gasteiger partial charge in [0, 0.05) is 12.1 Å². The fourth-order valence-electron chi connectivity index (χ4n) is 1.93. The van der Waals surface area contributed by atoms with Crippen molar-refractivity contribution >= 4 is 12.1 Å². The standard InChI is InChI=1S/C15H21N3O2/c1-15(2,3)18(14(19)11-17-16)10-9-12-5-7-13(20-4)8-6-12/h5-8,11H,9-10H2,1-4H3. The number of amides is 1. The first-order valence-electron chi connectivity index (χ1n) is 6.50. The summed E-state index contributed by atoms with van der Waals surface area (Å²) in [5, 5.41) is 0. The maximum Gasteiger partial charge on any atom is 0.344 e. The number of carbonyl (C=O) groups excluding carboxylic acids is 1. The molecule has 0 heterocycles. The van der Waals surface area contributed by atoms with Crippen molar-refractivity contribution in [1.82, 2.24) is 4.90 Å². The molecule has 0 aliphatic heterocycles. The van der Waals surface area contributed by atoms with Crippen LogP contribution in [0.5, 0.6) is 5.75 Å². The van der Waals surface area contributed by atoms with E-state index in [0.29, 0.717) is 6.54 Å². The summed E-state index contributed by atoms with van der Waals surface area (Å²) in [7, 11) is 1.63. The normalized spacial score (nSPS) is 10.6. The molecule has 1 aromatic carbocycles. The average Bonchev–Trinajstić information content (AvgIpc) is 2.38. The molecule has 0 fully saturated rings. The third-order valence-corrected chi connectivity index (χ3v) is 3.03. The van der Waals surface area contributed by atoms with Gasteiger partial charge in [0.15, 0.2) is 0 Å². The van der Waals surface area contributed by atoms with Gasteiger partial charge in [0.2, 0.25) is 0 Å². The zero-order valence-corrected chi connectivity index (χ0v) is 12.5. The molecular weight excluding hydrogens is 254 g/mol. The highest BCUT2D eigenvalue weighted by atomic mass is 16.5. The van der Waals surface area contributed by atoms with Crippen LogP contribution in [-0.2, 0) is 11.2 Å². The van der Waals surface area contributed by atoms with Gasteiger partial charge in [0.05, 0.1) is 7.11 Å². The first-order chi connectivity index (χ1) is 9.38. The van der Waals surface area contributed by atoms with Crippen molar-refractivity contribution in [2.24, 2.45) is 0 Å². The maximum atomic E-state index is 11.9. The molecule has 5 nitrogen and oxygen atoms in total. The van der Waals surface area contributed by atoms with Gasteiger partial charge in [0.1, 0.15) is 5.75 Å². The summed E-state index contributed by atoms with van der Waals surface area (Å²) in [6, 6.07) is 7.75. The molecule has 1 aromatic rings. The molecule has 5 heteroatoms. The van der Waals surface area contributed by atoms with Crippen molar-refractivity contribution < 1.29 is 14.3 Å². The molecule has 0 radical (unpaired) electrons. The topological polar surface area (TPSA) is 65.9 Å². The molecule has 0 bridgehead atoms. The lowest BCUT2D eigenvalue weighted by Crippen LogP contribution is -2.47. The molecule has 0 aliphatic rings. The summed E-state index contributed by atoms with van der Waals surface area (Å²) >= 11 is 0. The molecule has 1 rings (SSSR count). The highest BCUT2D eigenvalue weighted by Gasteiger charge is 2.26. The third-order valence-electron chi connectivity index (χ3n) is 3.03. The average molecular weight is 275 g/mol. The van der Waals surface area contributed by atoms with Crippen molar-refractivity contribution in [3.8, 4) is 5.75 Å². The van der Waals surface area contributed by atoms with Crippen LogP contribution in [0.25, 0.3) is 5.53 Å². The highest BCUT2D eigenvalue weighted by Crippen LogP contribution is 2.16. The number of hydrogen-bond acceptors (Lipinski definition) is 2. The van der Waals surface area contributed by atoms with Crippen molar-refractivity contribution in [2.75, 3.05) is 13.7 Å². The number of methoxy groups -OCH3 is 1. The Hall–Kier alpha value is -2.13. The van der Waals surface area contributed by atoms with Crippen LogP contribution in [0.3, 0.4) is 0 Å². The molecule has 0 aromatic heterocycles. The third kappa shape index (κ3) is 4.52. The zero-order valence-electron chi connectivity index (χ0n) is 12.5. The second kappa shape index (κ2) is 6.87. The SMILES string of the molecule is COc1ccc(CCN(C(=O)C=[N+]=[N-])C(C)(C)C)cc1. The van der Waals surface area contributed by atoms with Crippen LogP contribution in [0.4, 0.5) is 0 Å². The van der Waals surface area contributed by atoms with E-state index in [4.69, 9.17) is 10.3 Å². The molecule has 0 saturated carbocycles. The van der Waals surface area contributed by atoms with Crippen LogP contribution >= 0.6 is 0 Å². The van der Waals surface area contributed by atoms with Gasteiger partial charge < -0.3 is 15.2 Å². The lowest BCUT2D eigenvalue weighted by molar-refractivity contribution is -0.131. The summed E-state index contributed by atoms with van der Waals surface area (Å²) in [4.78, 5) is 16.4. The Balaban J connectivity index is 2.75. The molecule has 108 valence electrons. The van der Waals surface area contributed by atoms with Crippen LogP contribution < -0.4 is 4.74 Å². The van der Waals surface area contributed by atoms with Crippen LogP contribution in [0.2, 0.25) is 0 Å². The van der Waals surface area contributed by atoms with Crippen molar-refractivity contribution in [1.29, 1.82) is 0 Å². The van der Waals surface area contributed by atoms with Crippen molar-refractivity contribution in [3.63, 3.8) is 0 Å². The molecule has 20 heavy (non-hydrogen) atoms. The van der Waals surface area contributed by atoms with Gasteiger partial charge in [0.25, 0.3) is 0 Å². The predicted octanol–water partition coefficient (Wildman–Crippen LogP) is 2.17. The largest absolute Gasteiger partial charge is 0.497 e. The molecule has 0 atom stereocenters. The zero-order chi connectivity index (χ0) is 15.2. The van der Waals surface area contributed by atoms with Crippen molar-refractivity contribution in [3.05, 3.63) is 35.4 Å². The highest BCUT2D eigenvalue weighted by molar-refractivity contribution is 6.24. The molecule has 1 amide bonds. The van der Waals surface area contributed by atoms with Crippen LogP contribution in [0, 0.1) is 0 Å². The maximum absolute atomic E-state index is 11.9. The lowest BCUT2D eigenvalue weighted by Gasteiger charge is -2.33. The van der Waals surface area contributed by atoms with Crippen molar-refractivity contribution in [2.45, 2.75) is 32.7 Å². The minimum Gasteiger partial charge on any atom is -0.497 e. The number of nitrogens with zero attached hydrogens (tertiary/aromatic N) is 3. The summed E-state index contributed by atoms with van der Waals surface area (Å²) in [6.07, 6.45) is 1.66. The van der Waals surface area contributed by atoms with E-state index in [1.807, 2.05) is 45.0 Å². The van der Waals surface area contributed by atoms with Gasteiger partial charge in [-0.25, -0.2) is 0 Å². The fourth-order valence-corrected chi connectivity index (χ4v) is 1.93. The molecule has 0 saturated heterocycles. The van der Waals surface area contributed by atoms with E-state index in [-0.39, 0.29) is 11.4 Å². The molecule has 0 aliphatic carbocycles. The Kier molecular flexibility index (Phi) is 5.47. The number of carbonyl (C=O) groups is 1. The quantitative estimate of drug-likeness (QED) is 0.469. The second-order valence-electron chi connectivity index (χ2n) is 5.50. The fraction of sp³-hybridized carbons (Fsp3) is 0.467. The molecule has 0 N–H and O–H groups in total. The molecule has 0 spiro atoms. The lowest BCUT2D eigenvalue weighted by atomic mass is 10.0. The Labute approximate surface area is 119 Å². The van der Waals surface area contributed by atoms with Crippen LogP contribution in [0.1, 0.15) is 26.3 Å². The summed E-state index contributed by atoms with van der Waals surface area (Å²) in [6.45, 7) is 6.40. The Morgan fingerprint density at radius 1 is 1.35 bits per heavy atom. The van der Waals surface area contributed by atoms with E-state index in [1.54, 1.807) is 12.0 Å². The molecular formula is C15H21N3O2. The second-order valence-corrected chi connectivity index (χ2v) is 5.50. The monoisotopic (exact) mass is 275 g/mol. The smallest absolute Gasteiger partial charge is 0.344 e. The van der Waals surface area contributed by atoms with E-state index >= 15 is 0 Å². The predicted molar refractivity (Wildman–Crippen MR) is 77.8 cm³/mol. The number of hydrogen-bond donors (Lipinski definition) is 0. The molecule has 0 unspecified atom stereocenters. The minimum atomic E-state index is -0.329. The summed E-state index contributed by atoms with van der Waals surface area (Å²) in [5.41, 5.74) is 9.29. The van der Waals surface area contributed by atoms with E-state index in [1.165, 1.54) is 0 Å². The number of rotatable bonds is 5. The van der Waals surface area contributed by atoms with Crippen LogP contribution in [0.15, 0.2) is 24.3 Å². The first kappa shape index (κ1) is 15.9. The first-order valence-corrected chi connectivity index (χ1v) is 6.50. The van der Waals surface area contributed by atoms with Gasteiger partial charge in [-0.1, -0.05) is 12.1 Å². The number of ether oxygens (including phenoxy) is 1. The van der Waals surface area contributed by atoms with Crippen LogP contribution in [-0.4, -0.2) is 41.0 Å². The summed E-state index contributed by atoms with van der Waals surface area (Å²) in [5.74, 6) is 0.512. The number of benzene rings is 1. The van der Waals surface area contributed by atoms with Gasteiger partial charge in [-0.3, -0.25) is 4.79 Å². The van der Waals surface area contributed by atoms with E-state index in [2.05, 4.69) is 4.79 Å². The summed E-state index contributed by atoms with van der Waals surface area (Å²) < 4.78 is 5.11. The van der Waals surface area contributed by atoms with E-state index in [0.717, 1.165) is 23.9 Å². The van der Waals surface area contributed by atoms with E-state index < -0.39 is 0 Å². The Bertz CT molecular complexity index is 497. The Morgan fingerprint density at radius 2 is 1.95 bits per heavy atom. The van der Waals surface area contributed by atoms with Gasteiger partial charge >= 0.3 is 12.1 Å². The van der Waals surface area contributed by atoms with Gasteiger partial charge in [-0.05, 0) is 44.9 Å². The Morgan fingerprint density at radius 3 is 2.40 bits per heavy atom.